The molecule has 41 heavy (non-hydrogen) atoms. The van der Waals surface area contributed by atoms with Crippen LogP contribution >= 0.6 is 0 Å². The molecule has 1 saturated carbocycles. The third-order valence-corrected chi connectivity index (χ3v) is 8.19. The maximum absolute atomic E-state index is 15.0. The van der Waals surface area contributed by atoms with Crippen LogP contribution in [0.3, 0.4) is 0 Å². The number of pyridine rings is 1. The van der Waals surface area contributed by atoms with Crippen molar-refractivity contribution in [3.8, 4) is 17.0 Å². The third-order valence-electron chi connectivity index (χ3n) is 8.19. The molecule has 216 valence electrons. The Morgan fingerprint density at radius 1 is 1.12 bits per heavy atom. The number of piperidine rings is 1. The number of imidazole rings is 1. The lowest BCUT2D eigenvalue weighted by molar-refractivity contribution is -0.172. The minimum Gasteiger partial charge on any atom is -0.494 e. The average molecular weight is 573 g/mol. The van der Waals surface area contributed by atoms with E-state index >= 15 is 4.39 Å². The van der Waals surface area contributed by atoms with E-state index in [9.17, 15) is 18.3 Å². The number of ether oxygens (including phenoxy) is 1. The molecule has 4 heterocycles. The van der Waals surface area contributed by atoms with Crippen molar-refractivity contribution < 1.29 is 27.4 Å². The highest BCUT2D eigenvalue weighted by molar-refractivity contribution is 5.81. The predicted octanol–water partition coefficient (Wildman–Crippen LogP) is 3.26. The molecule has 2 fully saturated rings. The summed E-state index contributed by atoms with van der Waals surface area (Å²) in [5, 5.41) is 10.6. The fourth-order valence-electron chi connectivity index (χ4n) is 6.14. The number of aliphatic hydroxyl groups is 1. The minimum atomic E-state index is -3.30. The summed E-state index contributed by atoms with van der Waals surface area (Å²) in [5.41, 5.74) is 12.8. The first-order valence-corrected chi connectivity index (χ1v) is 13.1. The molecular weight excluding hydrogens is 544 g/mol. The molecule has 1 aliphatic carbocycles. The van der Waals surface area contributed by atoms with Crippen molar-refractivity contribution in [2.75, 3.05) is 24.3 Å². The second-order valence-electron chi connectivity index (χ2n) is 10.6. The van der Waals surface area contributed by atoms with Crippen LogP contribution in [0, 0.1) is 11.6 Å². The topological polar surface area (TPSA) is 141 Å². The molecule has 1 aliphatic heterocycles. The first-order valence-electron chi connectivity index (χ1n) is 13.1. The smallest absolute Gasteiger partial charge is 0.275 e. The SMILES string of the molecule is COc1cc(F)c(-c2ccc(N3CCC[C@@]4(N)C3CCC(F)(F)[C@@H]4O)c(Cn3cnc4c(N)ncnc43)n2)cc1F. The number of methoxy groups -OCH3 is 1. The Hall–Kier alpha value is -4.04. The number of rotatable bonds is 5. The van der Waals surface area contributed by atoms with Crippen LogP contribution in [-0.2, 0) is 6.54 Å². The van der Waals surface area contributed by atoms with E-state index in [0.29, 0.717) is 35.5 Å². The number of alkyl halides is 2. The lowest BCUT2D eigenvalue weighted by Gasteiger charge is -2.55. The van der Waals surface area contributed by atoms with Gasteiger partial charge in [-0.25, -0.2) is 37.5 Å². The molecule has 1 unspecified atom stereocenters. The summed E-state index contributed by atoms with van der Waals surface area (Å²) in [7, 11) is 1.24. The fourth-order valence-corrected chi connectivity index (χ4v) is 6.14. The molecule has 5 N–H and O–H groups in total. The van der Waals surface area contributed by atoms with Crippen molar-refractivity contribution in [3.05, 3.63) is 54.2 Å². The summed E-state index contributed by atoms with van der Waals surface area (Å²) in [5.74, 6) is -4.85. The van der Waals surface area contributed by atoms with Gasteiger partial charge in [-0.2, -0.15) is 0 Å². The lowest BCUT2D eigenvalue weighted by atomic mass is 9.68. The largest absolute Gasteiger partial charge is 0.494 e. The van der Waals surface area contributed by atoms with Crippen LogP contribution in [0.5, 0.6) is 5.75 Å². The van der Waals surface area contributed by atoms with E-state index in [0.717, 1.165) is 12.1 Å². The molecular formula is C27H28F4N8O2. The van der Waals surface area contributed by atoms with Crippen LogP contribution in [0.2, 0.25) is 0 Å². The Morgan fingerprint density at radius 2 is 1.93 bits per heavy atom. The van der Waals surface area contributed by atoms with Crippen molar-refractivity contribution >= 4 is 22.7 Å². The first kappa shape index (κ1) is 27.1. The van der Waals surface area contributed by atoms with Gasteiger partial charge in [0.25, 0.3) is 5.92 Å². The van der Waals surface area contributed by atoms with Gasteiger partial charge in [-0.3, -0.25) is 0 Å². The van der Waals surface area contributed by atoms with Gasteiger partial charge in [0, 0.05) is 30.6 Å². The molecule has 2 aliphatic rings. The number of fused-ring (bicyclic) bond motifs is 2. The van der Waals surface area contributed by atoms with E-state index in [2.05, 4.69) is 15.0 Å². The van der Waals surface area contributed by atoms with Crippen LogP contribution in [0.1, 0.15) is 31.4 Å². The number of nitrogens with two attached hydrogens (primary N) is 2. The molecule has 0 bridgehead atoms. The van der Waals surface area contributed by atoms with Gasteiger partial charge in [0.2, 0.25) is 0 Å². The van der Waals surface area contributed by atoms with Crippen molar-refractivity contribution in [2.24, 2.45) is 5.73 Å². The van der Waals surface area contributed by atoms with Gasteiger partial charge in [-0.15, -0.1) is 0 Å². The molecule has 1 aromatic carbocycles. The highest BCUT2D eigenvalue weighted by Gasteiger charge is 2.60. The zero-order valence-electron chi connectivity index (χ0n) is 22.1. The van der Waals surface area contributed by atoms with Crippen molar-refractivity contribution in [1.29, 1.82) is 0 Å². The van der Waals surface area contributed by atoms with Gasteiger partial charge in [0.05, 0.1) is 42.6 Å². The zero-order valence-corrected chi connectivity index (χ0v) is 22.1. The maximum Gasteiger partial charge on any atom is 0.275 e. The number of hydrogen-bond acceptors (Lipinski definition) is 9. The Balaban J connectivity index is 1.48. The number of aliphatic hydroxyl groups excluding tert-OH is 1. The normalized spacial score (nSPS) is 23.9. The summed E-state index contributed by atoms with van der Waals surface area (Å²) in [4.78, 5) is 19.1. The summed E-state index contributed by atoms with van der Waals surface area (Å²) >= 11 is 0. The summed E-state index contributed by atoms with van der Waals surface area (Å²) < 4.78 is 65.3. The molecule has 3 atom stereocenters. The first-order chi connectivity index (χ1) is 19.5. The molecule has 6 rings (SSSR count). The predicted molar refractivity (Wildman–Crippen MR) is 142 cm³/mol. The molecule has 3 aromatic heterocycles. The second kappa shape index (κ2) is 9.80. The Bertz CT molecular complexity index is 1630. The third kappa shape index (κ3) is 4.41. The van der Waals surface area contributed by atoms with E-state index in [1.165, 1.54) is 25.8 Å². The Kier molecular flexibility index (Phi) is 6.49. The summed E-state index contributed by atoms with van der Waals surface area (Å²) in [6.45, 7) is 0.553. The molecule has 0 amide bonds. The van der Waals surface area contributed by atoms with E-state index in [1.807, 2.05) is 4.90 Å². The summed E-state index contributed by atoms with van der Waals surface area (Å²) in [6, 6.07) is 4.57. The number of hydrogen-bond donors (Lipinski definition) is 3. The van der Waals surface area contributed by atoms with E-state index in [-0.39, 0.29) is 42.2 Å². The Morgan fingerprint density at radius 3 is 2.71 bits per heavy atom. The number of anilines is 2. The second-order valence-corrected chi connectivity index (χ2v) is 10.6. The number of aromatic nitrogens is 5. The van der Waals surface area contributed by atoms with Gasteiger partial charge in [-0.05, 0) is 37.5 Å². The van der Waals surface area contributed by atoms with Gasteiger partial charge in [-0.1, -0.05) is 0 Å². The van der Waals surface area contributed by atoms with Gasteiger partial charge < -0.3 is 30.8 Å². The quantitative estimate of drug-likeness (QED) is 0.307. The molecule has 0 radical (unpaired) electrons. The van der Waals surface area contributed by atoms with Crippen molar-refractivity contribution in [3.63, 3.8) is 0 Å². The monoisotopic (exact) mass is 572 g/mol. The van der Waals surface area contributed by atoms with Gasteiger partial charge in [0.15, 0.2) is 23.0 Å². The number of halogens is 4. The van der Waals surface area contributed by atoms with Crippen LogP contribution < -0.4 is 21.1 Å². The minimum absolute atomic E-state index is 0.0534. The zero-order chi connectivity index (χ0) is 29.1. The molecule has 14 heteroatoms. The van der Waals surface area contributed by atoms with Crippen LogP contribution in [0.25, 0.3) is 22.4 Å². The average Bonchev–Trinajstić information content (AvgIpc) is 3.36. The lowest BCUT2D eigenvalue weighted by Crippen LogP contribution is -2.74. The van der Waals surface area contributed by atoms with Crippen LogP contribution in [0.4, 0.5) is 29.1 Å². The number of benzene rings is 1. The molecule has 1 saturated heterocycles. The van der Waals surface area contributed by atoms with E-state index < -0.39 is 41.7 Å². The highest BCUT2D eigenvalue weighted by Crippen LogP contribution is 2.46. The number of nitrogen functional groups attached to an aromatic ring is 1. The van der Waals surface area contributed by atoms with Gasteiger partial charge >= 0.3 is 0 Å². The summed E-state index contributed by atoms with van der Waals surface area (Å²) in [6.07, 6.45) is 1.01. The van der Waals surface area contributed by atoms with Crippen LogP contribution in [-0.4, -0.2) is 66.9 Å². The van der Waals surface area contributed by atoms with Crippen molar-refractivity contribution in [1.82, 2.24) is 24.5 Å². The molecule has 4 aromatic rings. The molecule has 0 spiro atoms. The van der Waals surface area contributed by atoms with Crippen molar-refractivity contribution in [2.45, 2.75) is 55.8 Å². The standard InChI is InChI=1S/C27H28F4N8O2/c1-41-20-10-15(28)14(9-16(20)29)17-3-4-19(18(37-17)11-38-13-36-22-23(32)34-12-35-24(22)38)39-8-2-6-26(33)21(39)5-7-27(30,31)25(26)40/h3-4,9-10,12-13,21,25,40H,2,5-8,11,33H2,1H3,(H2,32,34,35)/t21?,25-,26-/m1/s1. The van der Waals surface area contributed by atoms with Gasteiger partial charge in [0.1, 0.15) is 23.8 Å². The van der Waals surface area contributed by atoms with Crippen LogP contribution in [0.15, 0.2) is 36.9 Å². The van der Waals surface area contributed by atoms with E-state index in [1.54, 1.807) is 10.6 Å². The fraction of sp³-hybridized carbons (Fsp3) is 0.407. The Labute approximate surface area is 232 Å². The van der Waals surface area contributed by atoms with E-state index in [4.69, 9.17) is 21.2 Å². The number of nitrogens with zero attached hydrogens (tertiary/aromatic N) is 6. The maximum atomic E-state index is 15.0. The highest BCUT2D eigenvalue weighted by atomic mass is 19.3. The molecule has 10 nitrogen and oxygen atoms in total.